The lowest BCUT2D eigenvalue weighted by Crippen LogP contribution is -2.56. The molecule has 42 heavy (non-hydrogen) atoms. The maximum Gasteiger partial charge on any atom is 0.243 e. The molecule has 0 spiro atoms. The lowest BCUT2D eigenvalue weighted by molar-refractivity contribution is -0.131. The topological polar surface area (TPSA) is 256 Å². The molecule has 14 N–H and O–H groups in total. The van der Waals surface area contributed by atoms with E-state index in [9.17, 15) is 14.4 Å². The van der Waals surface area contributed by atoms with Gasteiger partial charge in [0.05, 0.1) is 6.04 Å². The molecule has 226 valence electrons. The van der Waals surface area contributed by atoms with E-state index >= 15 is 0 Å². The Morgan fingerprint density at radius 1 is 0.690 bits per heavy atom. The first-order valence-electron chi connectivity index (χ1n) is 13.6. The summed E-state index contributed by atoms with van der Waals surface area (Å²) in [6.07, 6.45) is 5.52. The van der Waals surface area contributed by atoms with Crippen molar-refractivity contribution in [2.24, 2.45) is 44.4 Å². The number of rotatable bonds is 17. The van der Waals surface area contributed by atoms with E-state index in [2.05, 4.69) is 20.6 Å². The van der Waals surface area contributed by atoms with Crippen molar-refractivity contribution in [2.45, 2.75) is 50.2 Å². The van der Waals surface area contributed by atoms with Crippen molar-refractivity contribution in [3.05, 3.63) is 71.3 Å². The van der Waals surface area contributed by atoms with E-state index in [-0.39, 0.29) is 31.3 Å². The quantitative estimate of drug-likeness (QED) is 0.0513. The van der Waals surface area contributed by atoms with E-state index in [0.717, 1.165) is 16.7 Å². The van der Waals surface area contributed by atoms with Crippen LogP contribution < -0.4 is 45.0 Å². The van der Waals surface area contributed by atoms with Gasteiger partial charge in [-0.25, -0.2) is 0 Å². The molecule has 0 heterocycles. The van der Waals surface area contributed by atoms with Crippen molar-refractivity contribution < 1.29 is 14.4 Å². The van der Waals surface area contributed by atoms with E-state index in [1.807, 2.05) is 66.7 Å². The highest BCUT2D eigenvalue weighted by Crippen LogP contribution is 2.12. The number of hydrogen-bond donors (Lipinski definition) is 8. The van der Waals surface area contributed by atoms with Gasteiger partial charge in [0.15, 0.2) is 11.9 Å². The number of nitrogens with one attached hydrogen (secondary N) is 2. The third-order valence-corrected chi connectivity index (χ3v) is 6.23. The van der Waals surface area contributed by atoms with Gasteiger partial charge in [-0.3, -0.25) is 24.4 Å². The summed E-state index contributed by atoms with van der Waals surface area (Å²) in [6.45, 7) is 0.584. The minimum atomic E-state index is -1.02. The van der Waals surface area contributed by atoms with Crippen molar-refractivity contribution in [1.29, 1.82) is 0 Å². The van der Waals surface area contributed by atoms with Crippen LogP contribution in [0.2, 0.25) is 0 Å². The SMILES string of the molecule is NC(=O)[C@H](CCCN=C(N)N)NC(=O)[C@H](Cc1ccc(/C=C/c2ccccc2)cc1)NC(=O)[C@@H](N)CCCN=C(N)N. The minimum absolute atomic E-state index is 0.0476. The Bertz CT molecular complexity index is 1240. The van der Waals surface area contributed by atoms with Crippen LogP contribution in [-0.2, 0) is 20.8 Å². The number of nitrogens with two attached hydrogens (primary N) is 6. The summed E-state index contributed by atoms with van der Waals surface area (Å²) in [5.41, 5.74) is 35.7. The molecule has 0 saturated heterocycles. The number of nitrogens with zero attached hydrogens (tertiary/aromatic N) is 2. The van der Waals surface area contributed by atoms with Crippen LogP contribution in [0.5, 0.6) is 0 Å². The molecule has 0 unspecified atom stereocenters. The summed E-state index contributed by atoms with van der Waals surface area (Å²) in [5.74, 6) is -1.94. The lowest BCUT2D eigenvalue weighted by atomic mass is 10.0. The van der Waals surface area contributed by atoms with Crippen LogP contribution in [0.15, 0.2) is 64.6 Å². The number of benzene rings is 2. The average Bonchev–Trinajstić information content (AvgIpc) is 2.96. The molecule has 0 radical (unpaired) electrons. The molecule has 3 atom stereocenters. The van der Waals surface area contributed by atoms with Gasteiger partial charge in [-0.2, -0.15) is 0 Å². The second-order valence-electron chi connectivity index (χ2n) is 9.72. The Labute approximate surface area is 245 Å². The van der Waals surface area contributed by atoms with Gasteiger partial charge in [-0.15, -0.1) is 0 Å². The zero-order valence-electron chi connectivity index (χ0n) is 23.6. The molecule has 3 amide bonds. The molecule has 2 aromatic rings. The predicted molar refractivity (Wildman–Crippen MR) is 166 cm³/mol. The van der Waals surface area contributed by atoms with Gasteiger partial charge in [0.2, 0.25) is 17.7 Å². The minimum Gasteiger partial charge on any atom is -0.370 e. The molecule has 0 aliphatic rings. The zero-order chi connectivity index (χ0) is 30.9. The van der Waals surface area contributed by atoms with Gasteiger partial charge in [0, 0.05) is 19.5 Å². The van der Waals surface area contributed by atoms with Crippen LogP contribution in [-0.4, -0.2) is 60.9 Å². The molecular formula is C29H42N10O3. The lowest BCUT2D eigenvalue weighted by Gasteiger charge is -2.23. The molecule has 0 bridgehead atoms. The number of guanidine groups is 2. The van der Waals surface area contributed by atoms with E-state index in [4.69, 9.17) is 34.4 Å². The van der Waals surface area contributed by atoms with Crippen molar-refractivity contribution in [2.75, 3.05) is 13.1 Å². The average molecular weight is 579 g/mol. The van der Waals surface area contributed by atoms with Crippen molar-refractivity contribution in [3.63, 3.8) is 0 Å². The highest BCUT2D eigenvalue weighted by molar-refractivity contribution is 5.92. The van der Waals surface area contributed by atoms with E-state index in [1.54, 1.807) is 0 Å². The van der Waals surface area contributed by atoms with Gasteiger partial charge < -0.3 is 45.0 Å². The van der Waals surface area contributed by atoms with Crippen LogP contribution in [0.1, 0.15) is 42.4 Å². The van der Waals surface area contributed by atoms with Crippen LogP contribution in [0.4, 0.5) is 0 Å². The predicted octanol–water partition coefficient (Wildman–Crippen LogP) is -0.711. The maximum absolute atomic E-state index is 13.3. The van der Waals surface area contributed by atoms with Crippen LogP contribution in [0, 0.1) is 0 Å². The van der Waals surface area contributed by atoms with Crippen molar-refractivity contribution in [1.82, 2.24) is 10.6 Å². The van der Waals surface area contributed by atoms with Crippen molar-refractivity contribution >= 4 is 41.8 Å². The van der Waals surface area contributed by atoms with Gasteiger partial charge in [-0.1, -0.05) is 66.7 Å². The first kappa shape index (κ1) is 33.3. The van der Waals surface area contributed by atoms with Gasteiger partial charge in [0.1, 0.15) is 12.1 Å². The summed E-state index contributed by atoms with van der Waals surface area (Å²) >= 11 is 0. The molecule has 13 nitrogen and oxygen atoms in total. The molecule has 0 aromatic heterocycles. The molecule has 13 heteroatoms. The smallest absolute Gasteiger partial charge is 0.243 e. The molecule has 0 saturated carbocycles. The molecule has 2 aromatic carbocycles. The third kappa shape index (κ3) is 13.0. The summed E-state index contributed by atoms with van der Waals surface area (Å²) in [6, 6.07) is 14.5. The molecule has 0 fully saturated rings. The highest BCUT2D eigenvalue weighted by Gasteiger charge is 2.27. The van der Waals surface area contributed by atoms with E-state index in [1.165, 1.54) is 0 Å². The first-order chi connectivity index (χ1) is 20.0. The second kappa shape index (κ2) is 17.7. The molecular weight excluding hydrogens is 536 g/mol. The monoisotopic (exact) mass is 578 g/mol. The first-order valence-corrected chi connectivity index (χ1v) is 13.6. The Morgan fingerprint density at radius 3 is 1.76 bits per heavy atom. The van der Waals surface area contributed by atoms with E-state index < -0.39 is 35.8 Å². The van der Waals surface area contributed by atoms with Crippen LogP contribution in [0.3, 0.4) is 0 Å². The Morgan fingerprint density at radius 2 is 1.21 bits per heavy atom. The fourth-order valence-electron chi connectivity index (χ4n) is 3.96. The summed E-state index contributed by atoms with van der Waals surface area (Å²) in [7, 11) is 0. The van der Waals surface area contributed by atoms with Gasteiger partial charge >= 0.3 is 0 Å². The van der Waals surface area contributed by atoms with Gasteiger partial charge in [-0.05, 0) is 42.4 Å². The number of carbonyl (C=O) groups is 3. The molecule has 0 aliphatic carbocycles. The summed E-state index contributed by atoms with van der Waals surface area (Å²) < 4.78 is 0. The fraction of sp³-hybridized carbons (Fsp3) is 0.345. The second-order valence-corrected chi connectivity index (χ2v) is 9.72. The standard InChI is InChI=1S/C29H42N10O3/c30-22(8-4-16-36-28(32)33)26(41)39-24(27(42)38-23(25(31)40)9-5-17-37-29(34)35)18-21-14-12-20(13-15-21)11-10-19-6-2-1-3-7-19/h1-3,6-7,10-15,22-24H,4-5,8-9,16-18,30H2,(H2,31,40)(H,38,42)(H,39,41)(H4,32,33,36)(H4,34,35,37)/b11-10+/t22-,23-,24-/m0/s1. The Balaban J connectivity index is 2.13. The molecule has 0 aliphatic heterocycles. The van der Waals surface area contributed by atoms with E-state index in [0.29, 0.717) is 25.8 Å². The Hall–Kier alpha value is -4.91. The fourth-order valence-corrected chi connectivity index (χ4v) is 3.96. The van der Waals surface area contributed by atoms with Crippen LogP contribution >= 0.6 is 0 Å². The maximum atomic E-state index is 13.3. The summed E-state index contributed by atoms with van der Waals surface area (Å²) in [4.78, 5) is 46.0. The van der Waals surface area contributed by atoms with Crippen LogP contribution in [0.25, 0.3) is 12.2 Å². The normalized spacial score (nSPS) is 13.0. The third-order valence-electron chi connectivity index (χ3n) is 6.23. The number of primary amides is 1. The Kier molecular flexibility index (Phi) is 14.0. The number of aliphatic imine (C=N–C) groups is 2. The number of carbonyl (C=O) groups excluding carboxylic acids is 3. The molecule has 2 rings (SSSR count). The largest absolute Gasteiger partial charge is 0.370 e. The van der Waals surface area contributed by atoms with Gasteiger partial charge in [0.25, 0.3) is 0 Å². The number of hydrogen-bond acceptors (Lipinski definition) is 6. The zero-order valence-corrected chi connectivity index (χ0v) is 23.6. The van der Waals surface area contributed by atoms with Crippen molar-refractivity contribution in [3.8, 4) is 0 Å². The number of amides is 3. The highest BCUT2D eigenvalue weighted by atomic mass is 16.2. The summed E-state index contributed by atoms with van der Waals surface area (Å²) in [5, 5.41) is 5.37.